The summed E-state index contributed by atoms with van der Waals surface area (Å²) in [5.74, 6) is -0.492. The zero-order valence-electron chi connectivity index (χ0n) is 15.7. The average molecular weight is 356 g/mol. The second kappa shape index (κ2) is 9.65. The Hall–Kier alpha value is -2.58. The first-order valence-electron chi connectivity index (χ1n) is 7.77. The summed E-state index contributed by atoms with van der Waals surface area (Å²) < 4.78 is 10.2. The molecule has 0 aromatic carbocycles. The smallest absolute Gasteiger partial charge is 0.414 e. The Morgan fingerprint density at radius 1 is 0.960 bits per heavy atom. The highest BCUT2D eigenvalue weighted by Gasteiger charge is 2.21. The van der Waals surface area contributed by atoms with Crippen molar-refractivity contribution in [1.29, 1.82) is 0 Å². The normalized spacial score (nSPS) is 11.0. The molecular formula is C16H28N4O5. The Kier molecular flexibility index (Phi) is 8.66. The summed E-state index contributed by atoms with van der Waals surface area (Å²) in [5, 5.41) is 7.19. The van der Waals surface area contributed by atoms with E-state index in [0.29, 0.717) is 0 Å². The van der Waals surface area contributed by atoms with Crippen LogP contribution in [0.5, 0.6) is 0 Å². The Bertz CT molecular complexity index is 498. The van der Waals surface area contributed by atoms with Crippen LogP contribution >= 0.6 is 0 Å². The molecule has 0 heterocycles. The minimum Gasteiger partial charge on any atom is -0.444 e. The van der Waals surface area contributed by atoms with Crippen LogP contribution < -0.4 is 16.0 Å². The molecule has 0 spiro atoms. The van der Waals surface area contributed by atoms with Crippen molar-refractivity contribution in [3.63, 3.8) is 0 Å². The maximum absolute atomic E-state index is 11.8. The van der Waals surface area contributed by atoms with E-state index in [1.165, 1.54) is 0 Å². The van der Waals surface area contributed by atoms with Crippen molar-refractivity contribution in [2.45, 2.75) is 52.7 Å². The number of aliphatic imine (C=N–C) groups is 1. The van der Waals surface area contributed by atoms with Crippen LogP contribution in [-0.2, 0) is 14.3 Å². The summed E-state index contributed by atoms with van der Waals surface area (Å²) in [6, 6.07) is 0. The van der Waals surface area contributed by atoms with E-state index in [1.54, 1.807) is 41.5 Å². The number of hydrogen-bond acceptors (Lipinski definition) is 6. The van der Waals surface area contributed by atoms with Gasteiger partial charge in [0.2, 0.25) is 11.9 Å². The van der Waals surface area contributed by atoms with E-state index in [9.17, 15) is 14.4 Å². The fraction of sp³-hybridized carbons (Fsp3) is 0.625. The summed E-state index contributed by atoms with van der Waals surface area (Å²) in [4.78, 5) is 38.7. The number of nitrogens with zero attached hydrogens (tertiary/aromatic N) is 1. The first kappa shape index (κ1) is 22.4. The van der Waals surface area contributed by atoms with Crippen LogP contribution in [0.4, 0.5) is 9.59 Å². The largest absolute Gasteiger partial charge is 0.444 e. The molecule has 0 saturated carbocycles. The van der Waals surface area contributed by atoms with E-state index in [1.807, 2.05) is 0 Å². The fourth-order valence-corrected chi connectivity index (χ4v) is 1.33. The standard InChI is InChI=1S/C16H28N4O5/c1-8-11(21)17-9-10-18-12(19-13(22)24-15(2,3)4)20-14(23)25-16(5,6)7/h8H,1,9-10H2,2-7H3,(H,17,21)(H2,18,19,20,22,23). The predicted molar refractivity (Wildman–Crippen MR) is 94.2 cm³/mol. The highest BCUT2D eigenvalue weighted by molar-refractivity contribution is 6.01. The van der Waals surface area contributed by atoms with E-state index in [0.717, 1.165) is 6.08 Å². The highest BCUT2D eigenvalue weighted by atomic mass is 16.6. The number of ether oxygens (including phenoxy) is 2. The van der Waals surface area contributed by atoms with Crippen LogP contribution in [0.1, 0.15) is 41.5 Å². The SMILES string of the molecule is C=CC(=O)NCCN=C(NC(=O)OC(C)(C)C)NC(=O)OC(C)(C)C. The second-order valence-electron chi connectivity index (χ2n) is 6.98. The number of rotatable bonds is 4. The van der Waals surface area contributed by atoms with E-state index in [4.69, 9.17) is 9.47 Å². The molecule has 3 N–H and O–H groups in total. The van der Waals surface area contributed by atoms with Gasteiger partial charge < -0.3 is 14.8 Å². The molecule has 0 saturated heterocycles. The first-order valence-corrected chi connectivity index (χ1v) is 7.77. The number of carbonyl (C=O) groups excluding carboxylic acids is 3. The van der Waals surface area contributed by atoms with Gasteiger partial charge >= 0.3 is 12.2 Å². The summed E-state index contributed by atoms with van der Waals surface area (Å²) in [6.07, 6.45) is -0.433. The summed E-state index contributed by atoms with van der Waals surface area (Å²) in [5.41, 5.74) is -1.42. The van der Waals surface area contributed by atoms with Gasteiger partial charge in [-0.15, -0.1) is 0 Å². The summed E-state index contributed by atoms with van der Waals surface area (Å²) in [6.45, 7) is 13.9. The van der Waals surface area contributed by atoms with Gasteiger partial charge in [-0.1, -0.05) is 6.58 Å². The van der Waals surface area contributed by atoms with Crippen LogP contribution in [0.2, 0.25) is 0 Å². The second-order valence-corrected chi connectivity index (χ2v) is 6.98. The molecule has 0 aliphatic rings. The number of alkyl carbamates (subject to hydrolysis) is 2. The van der Waals surface area contributed by atoms with Gasteiger partial charge in [-0.05, 0) is 47.6 Å². The van der Waals surface area contributed by atoms with E-state index < -0.39 is 23.4 Å². The van der Waals surface area contributed by atoms with Gasteiger partial charge in [0, 0.05) is 6.54 Å². The molecule has 0 atom stereocenters. The van der Waals surface area contributed by atoms with Crippen LogP contribution in [0.25, 0.3) is 0 Å². The monoisotopic (exact) mass is 356 g/mol. The molecule has 0 rings (SSSR count). The number of hydrogen-bond donors (Lipinski definition) is 3. The van der Waals surface area contributed by atoms with Gasteiger partial charge in [-0.2, -0.15) is 0 Å². The molecule has 0 aromatic heterocycles. The first-order chi connectivity index (χ1) is 11.3. The van der Waals surface area contributed by atoms with Crippen LogP contribution in [-0.4, -0.2) is 48.3 Å². The van der Waals surface area contributed by atoms with Gasteiger partial charge in [0.15, 0.2) is 0 Å². The lowest BCUT2D eigenvalue weighted by Crippen LogP contribution is -2.47. The van der Waals surface area contributed by atoms with E-state index in [2.05, 4.69) is 27.5 Å². The molecular weight excluding hydrogens is 328 g/mol. The summed E-state index contributed by atoms with van der Waals surface area (Å²) >= 11 is 0. The topological polar surface area (TPSA) is 118 Å². The molecule has 3 amide bonds. The van der Waals surface area contributed by atoms with Crippen molar-refractivity contribution in [1.82, 2.24) is 16.0 Å². The van der Waals surface area contributed by atoms with Crippen molar-refractivity contribution in [3.8, 4) is 0 Å². The van der Waals surface area contributed by atoms with Crippen molar-refractivity contribution in [2.24, 2.45) is 4.99 Å². The molecule has 9 nitrogen and oxygen atoms in total. The molecule has 25 heavy (non-hydrogen) atoms. The lowest BCUT2D eigenvalue weighted by atomic mass is 10.2. The number of guanidine groups is 1. The van der Waals surface area contributed by atoms with Gasteiger partial charge in [0.25, 0.3) is 0 Å². The van der Waals surface area contributed by atoms with Crippen molar-refractivity contribution >= 4 is 24.1 Å². The highest BCUT2D eigenvalue weighted by Crippen LogP contribution is 2.07. The molecule has 142 valence electrons. The van der Waals surface area contributed by atoms with Crippen molar-refractivity contribution in [2.75, 3.05) is 13.1 Å². The minimum atomic E-state index is -0.780. The van der Waals surface area contributed by atoms with E-state index in [-0.39, 0.29) is 25.0 Å². The fourth-order valence-electron chi connectivity index (χ4n) is 1.33. The molecule has 0 aliphatic carbocycles. The molecule has 0 aromatic rings. The third-order valence-electron chi connectivity index (χ3n) is 2.11. The van der Waals surface area contributed by atoms with Crippen molar-refractivity contribution in [3.05, 3.63) is 12.7 Å². The average Bonchev–Trinajstić information content (AvgIpc) is 2.38. The minimum absolute atomic E-state index is 0.112. The molecule has 0 bridgehead atoms. The molecule has 0 radical (unpaired) electrons. The number of nitrogens with one attached hydrogen (secondary N) is 3. The van der Waals surface area contributed by atoms with Crippen LogP contribution in [0.15, 0.2) is 17.6 Å². The maximum atomic E-state index is 11.8. The summed E-state index contributed by atoms with van der Waals surface area (Å²) in [7, 11) is 0. The Morgan fingerprint density at radius 3 is 1.76 bits per heavy atom. The maximum Gasteiger partial charge on any atom is 0.414 e. The zero-order valence-corrected chi connectivity index (χ0v) is 15.7. The molecule has 0 fully saturated rings. The molecule has 0 unspecified atom stereocenters. The third kappa shape index (κ3) is 13.5. The third-order valence-corrected chi connectivity index (χ3v) is 2.11. The Balaban J connectivity index is 4.85. The van der Waals surface area contributed by atoms with Crippen LogP contribution in [0.3, 0.4) is 0 Å². The Labute approximate surface area is 148 Å². The predicted octanol–water partition coefficient (Wildman–Crippen LogP) is 1.69. The lowest BCUT2D eigenvalue weighted by Gasteiger charge is -2.22. The number of carbonyl (C=O) groups is 3. The van der Waals surface area contributed by atoms with Gasteiger partial charge in [0.1, 0.15) is 11.2 Å². The molecule has 0 aliphatic heterocycles. The Morgan fingerprint density at radius 2 is 1.40 bits per heavy atom. The van der Waals surface area contributed by atoms with Crippen molar-refractivity contribution < 1.29 is 23.9 Å². The lowest BCUT2D eigenvalue weighted by molar-refractivity contribution is -0.116. The zero-order chi connectivity index (χ0) is 19.7. The number of amides is 3. The van der Waals surface area contributed by atoms with Gasteiger partial charge in [-0.25, -0.2) is 9.59 Å². The van der Waals surface area contributed by atoms with E-state index >= 15 is 0 Å². The quantitative estimate of drug-likeness (QED) is 0.307. The van der Waals surface area contributed by atoms with Gasteiger partial charge in [0.05, 0.1) is 6.54 Å². The van der Waals surface area contributed by atoms with Crippen LogP contribution in [0, 0.1) is 0 Å². The molecule has 9 heteroatoms. The van der Waals surface area contributed by atoms with Gasteiger partial charge in [-0.3, -0.25) is 20.4 Å².